The van der Waals surface area contributed by atoms with E-state index in [0.29, 0.717) is 39.1 Å². The topological polar surface area (TPSA) is 38.7 Å². The molecule has 3 atom stereocenters. The van der Waals surface area contributed by atoms with E-state index in [1.807, 2.05) is 0 Å². The van der Waals surface area contributed by atoms with Crippen molar-refractivity contribution in [1.82, 2.24) is 0 Å². The summed E-state index contributed by atoms with van der Waals surface area (Å²) in [5.41, 5.74) is -0.480. The highest BCUT2D eigenvalue weighted by Crippen LogP contribution is 2.41. The lowest BCUT2D eigenvalue weighted by molar-refractivity contribution is -0.146. The first-order valence-electron chi connectivity index (χ1n) is 5.39. The zero-order valence-electron chi connectivity index (χ0n) is 8.79. The van der Waals surface area contributed by atoms with Crippen LogP contribution >= 0.6 is 11.6 Å². The summed E-state index contributed by atoms with van der Waals surface area (Å²) in [7, 11) is 0. The number of rotatable bonds is 2. The van der Waals surface area contributed by atoms with E-state index < -0.39 is 23.0 Å². The summed E-state index contributed by atoms with van der Waals surface area (Å²) in [4.78, 5) is 0. The number of alkyl halides is 3. The third-order valence-electron chi connectivity index (χ3n) is 3.38. The quantitative estimate of drug-likeness (QED) is 0.766. The third kappa shape index (κ3) is 2.47. The summed E-state index contributed by atoms with van der Waals surface area (Å²) in [5.74, 6) is -0.525. The maximum absolute atomic E-state index is 12.8. The Labute approximate surface area is 97.7 Å². The Balaban J connectivity index is 2.01. The molecule has 2 rings (SSSR count). The summed E-state index contributed by atoms with van der Waals surface area (Å²) in [6.07, 6.45) is -0.318. The van der Waals surface area contributed by atoms with Gasteiger partial charge in [0.15, 0.2) is 0 Å². The van der Waals surface area contributed by atoms with Gasteiger partial charge in [0.05, 0.1) is 12.2 Å². The van der Waals surface area contributed by atoms with E-state index in [4.69, 9.17) is 21.1 Å². The molecule has 0 aromatic rings. The molecule has 3 unspecified atom stereocenters. The molecule has 0 radical (unpaired) electrons. The van der Waals surface area contributed by atoms with Gasteiger partial charge in [0.1, 0.15) is 6.10 Å². The van der Waals surface area contributed by atoms with Crippen molar-refractivity contribution in [3.63, 3.8) is 0 Å². The highest BCUT2D eigenvalue weighted by Gasteiger charge is 2.48. The van der Waals surface area contributed by atoms with Crippen LogP contribution in [-0.2, 0) is 9.47 Å². The van der Waals surface area contributed by atoms with Gasteiger partial charge in [0.2, 0.25) is 0 Å². The van der Waals surface area contributed by atoms with Gasteiger partial charge in [0.25, 0.3) is 0 Å². The molecule has 0 saturated carbocycles. The molecule has 2 fully saturated rings. The average molecular weight is 257 g/mol. The van der Waals surface area contributed by atoms with Gasteiger partial charge in [-0.1, -0.05) is 0 Å². The van der Waals surface area contributed by atoms with Crippen molar-refractivity contribution in [2.45, 2.75) is 36.3 Å². The van der Waals surface area contributed by atoms with Crippen LogP contribution in [0.4, 0.5) is 8.78 Å². The molecule has 0 aromatic heterocycles. The van der Waals surface area contributed by atoms with Gasteiger partial charge in [-0.2, -0.15) is 8.78 Å². The minimum atomic E-state index is -3.57. The molecule has 2 heterocycles. The lowest BCUT2D eigenvalue weighted by atomic mass is 9.82. The second-order valence-corrected chi connectivity index (χ2v) is 5.08. The minimum Gasteiger partial charge on any atom is -0.385 e. The summed E-state index contributed by atoms with van der Waals surface area (Å²) >= 11 is 4.86. The second kappa shape index (κ2) is 4.37. The second-order valence-electron chi connectivity index (χ2n) is 4.57. The summed E-state index contributed by atoms with van der Waals surface area (Å²) < 4.78 is 36.5. The Morgan fingerprint density at radius 1 is 1.44 bits per heavy atom. The van der Waals surface area contributed by atoms with Crippen molar-refractivity contribution in [2.75, 3.05) is 19.8 Å². The van der Waals surface area contributed by atoms with Gasteiger partial charge in [-0.25, -0.2) is 0 Å². The molecule has 0 aromatic carbocycles. The zero-order valence-corrected chi connectivity index (χ0v) is 9.55. The largest absolute Gasteiger partial charge is 0.385 e. The van der Waals surface area contributed by atoms with Crippen molar-refractivity contribution >= 4 is 11.6 Å². The van der Waals surface area contributed by atoms with Crippen LogP contribution in [-0.4, -0.2) is 42.0 Å². The highest BCUT2D eigenvalue weighted by molar-refractivity contribution is 6.22. The SMILES string of the molecule is OC(C1CCOC2(CCOC2)C1)C(F)(F)Cl. The number of ether oxygens (including phenoxy) is 2. The van der Waals surface area contributed by atoms with E-state index >= 15 is 0 Å². The third-order valence-corrected chi connectivity index (χ3v) is 3.60. The maximum atomic E-state index is 12.8. The first-order valence-corrected chi connectivity index (χ1v) is 5.77. The smallest absolute Gasteiger partial charge is 0.347 e. The minimum absolute atomic E-state index is 0.373. The van der Waals surface area contributed by atoms with Crippen molar-refractivity contribution in [1.29, 1.82) is 0 Å². The summed E-state index contributed by atoms with van der Waals surface area (Å²) in [6.45, 7) is 1.38. The number of aliphatic hydroxyl groups is 1. The first kappa shape index (κ1) is 12.5. The van der Waals surface area contributed by atoms with E-state index in [9.17, 15) is 13.9 Å². The van der Waals surface area contributed by atoms with Crippen molar-refractivity contribution in [2.24, 2.45) is 5.92 Å². The van der Waals surface area contributed by atoms with Gasteiger partial charge >= 0.3 is 5.38 Å². The fraction of sp³-hybridized carbons (Fsp3) is 1.00. The molecule has 94 valence electrons. The number of halogens is 3. The van der Waals surface area contributed by atoms with Crippen LogP contribution < -0.4 is 0 Å². The molecular formula is C10H15ClF2O3. The predicted molar refractivity (Wildman–Crippen MR) is 53.6 cm³/mol. The van der Waals surface area contributed by atoms with Crippen molar-refractivity contribution in [3.8, 4) is 0 Å². The van der Waals surface area contributed by atoms with Crippen LogP contribution in [0.5, 0.6) is 0 Å². The number of aliphatic hydroxyl groups excluding tert-OH is 1. The van der Waals surface area contributed by atoms with Crippen molar-refractivity contribution in [3.05, 3.63) is 0 Å². The van der Waals surface area contributed by atoms with E-state index in [2.05, 4.69) is 0 Å². The molecule has 1 N–H and O–H groups in total. The van der Waals surface area contributed by atoms with Crippen LogP contribution in [0, 0.1) is 5.92 Å². The Morgan fingerprint density at radius 3 is 2.75 bits per heavy atom. The molecule has 2 saturated heterocycles. The molecule has 2 aliphatic heterocycles. The molecule has 1 spiro atoms. The van der Waals surface area contributed by atoms with Gasteiger partial charge in [-0.15, -0.1) is 0 Å². The normalized spacial score (nSPS) is 37.9. The highest BCUT2D eigenvalue weighted by atomic mass is 35.5. The monoisotopic (exact) mass is 256 g/mol. The fourth-order valence-electron chi connectivity index (χ4n) is 2.47. The summed E-state index contributed by atoms with van der Waals surface area (Å²) in [6, 6.07) is 0. The zero-order chi connectivity index (χ0) is 11.8. The Morgan fingerprint density at radius 2 is 2.19 bits per heavy atom. The van der Waals surface area contributed by atoms with Gasteiger partial charge < -0.3 is 14.6 Å². The van der Waals surface area contributed by atoms with Crippen LogP contribution in [0.1, 0.15) is 19.3 Å². The molecule has 0 aliphatic carbocycles. The van der Waals surface area contributed by atoms with Gasteiger partial charge in [-0.05, 0) is 30.4 Å². The predicted octanol–water partition coefficient (Wildman–Crippen LogP) is 1.76. The Kier molecular flexibility index (Phi) is 3.41. The fourth-order valence-corrected chi connectivity index (χ4v) is 2.64. The van der Waals surface area contributed by atoms with Crippen LogP contribution in [0.15, 0.2) is 0 Å². The van der Waals surface area contributed by atoms with E-state index in [1.54, 1.807) is 0 Å². The standard InChI is InChI=1S/C10H15ClF2O3/c11-10(12,13)8(14)7-1-3-16-9(5-7)2-4-15-6-9/h7-8,14H,1-6H2. The van der Waals surface area contributed by atoms with Crippen molar-refractivity contribution < 1.29 is 23.4 Å². The van der Waals surface area contributed by atoms with E-state index in [0.717, 1.165) is 0 Å². The molecule has 0 amide bonds. The van der Waals surface area contributed by atoms with Gasteiger partial charge in [0, 0.05) is 19.6 Å². The molecule has 16 heavy (non-hydrogen) atoms. The molecule has 2 aliphatic rings. The number of hydrogen-bond donors (Lipinski definition) is 1. The van der Waals surface area contributed by atoms with E-state index in [-0.39, 0.29) is 0 Å². The van der Waals surface area contributed by atoms with Gasteiger partial charge in [-0.3, -0.25) is 0 Å². The molecular weight excluding hydrogens is 242 g/mol. The molecule has 6 heteroatoms. The summed E-state index contributed by atoms with van der Waals surface area (Å²) in [5, 5.41) is 5.91. The lowest BCUT2D eigenvalue weighted by Gasteiger charge is -2.39. The lowest BCUT2D eigenvalue weighted by Crippen LogP contribution is -2.47. The van der Waals surface area contributed by atoms with Crippen LogP contribution in [0.25, 0.3) is 0 Å². The maximum Gasteiger partial charge on any atom is 0.347 e. The Hall–Kier alpha value is 0.0300. The van der Waals surface area contributed by atoms with Crippen LogP contribution in [0.3, 0.4) is 0 Å². The number of hydrogen-bond acceptors (Lipinski definition) is 3. The van der Waals surface area contributed by atoms with Crippen LogP contribution in [0.2, 0.25) is 0 Å². The Bertz CT molecular complexity index is 251. The first-order chi connectivity index (χ1) is 7.43. The average Bonchev–Trinajstić information content (AvgIpc) is 2.64. The van der Waals surface area contributed by atoms with E-state index in [1.165, 1.54) is 0 Å². The molecule has 0 bridgehead atoms. The molecule has 3 nitrogen and oxygen atoms in total.